The highest BCUT2D eigenvalue weighted by atomic mass is 19.4. The minimum atomic E-state index is -4.38. The van der Waals surface area contributed by atoms with Crippen molar-refractivity contribution >= 4 is 11.8 Å². The molecule has 0 bridgehead atoms. The first-order chi connectivity index (χ1) is 8.43. The maximum atomic E-state index is 12.8. The third kappa shape index (κ3) is 2.27. The first-order valence-corrected chi connectivity index (χ1v) is 5.50. The van der Waals surface area contributed by atoms with Gasteiger partial charge in [0.1, 0.15) is 5.82 Å². The van der Waals surface area contributed by atoms with Gasteiger partial charge >= 0.3 is 12.1 Å². The molecular formula is C10H12F3N3O2. The molecule has 100 valence electrons. The zero-order valence-corrected chi connectivity index (χ0v) is 9.62. The van der Waals surface area contributed by atoms with E-state index in [1.54, 1.807) is 6.92 Å². The van der Waals surface area contributed by atoms with Crippen LogP contribution in [0.2, 0.25) is 0 Å². The number of nitrogens with zero attached hydrogens (tertiary/aromatic N) is 2. The van der Waals surface area contributed by atoms with E-state index in [9.17, 15) is 18.0 Å². The molecule has 0 fully saturated rings. The van der Waals surface area contributed by atoms with Gasteiger partial charge in [-0.2, -0.15) is 18.3 Å². The number of rotatable bonds is 2. The number of carbonyl (C=O) groups excluding carboxylic acids is 1. The zero-order valence-electron chi connectivity index (χ0n) is 9.62. The molecule has 1 aromatic heterocycles. The van der Waals surface area contributed by atoms with Gasteiger partial charge in [-0.05, 0) is 13.3 Å². The van der Waals surface area contributed by atoms with E-state index in [0.29, 0.717) is 0 Å². The van der Waals surface area contributed by atoms with Crippen molar-refractivity contribution < 1.29 is 22.7 Å². The molecule has 0 saturated heterocycles. The van der Waals surface area contributed by atoms with Crippen LogP contribution in [0.25, 0.3) is 0 Å². The number of carbonyl (C=O) groups is 1. The lowest BCUT2D eigenvalue weighted by molar-refractivity contribution is -0.171. The molecule has 2 heterocycles. The molecule has 0 saturated carbocycles. The summed E-state index contributed by atoms with van der Waals surface area (Å²) in [5.74, 6) is -0.534. The second-order valence-electron chi connectivity index (χ2n) is 3.85. The summed E-state index contributed by atoms with van der Waals surface area (Å²) in [4.78, 5) is 11.4. The Hall–Kier alpha value is -1.73. The highest BCUT2D eigenvalue weighted by molar-refractivity contribution is 5.88. The van der Waals surface area contributed by atoms with Crippen LogP contribution in [-0.2, 0) is 4.74 Å². The summed E-state index contributed by atoms with van der Waals surface area (Å²) in [6.45, 7) is 1.96. The monoisotopic (exact) mass is 263 g/mol. The summed E-state index contributed by atoms with van der Waals surface area (Å²) >= 11 is 0. The molecule has 1 atom stereocenters. The van der Waals surface area contributed by atoms with Gasteiger partial charge in [-0.15, -0.1) is 0 Å². The number of esters is 1. The number of nitrogens with one attached hydrogen (secondary N) is 1. The van der Waals surface area contributed by atoms with Crippen LogP contribution in [0.1, 0.15) is 29.9 Å². The molecule has 0 spiro atoms. The summed E-state index contributed by atoms with van der Waals surface area (Å²) < 4.78 is 43.8. The van der Waals surface area contributed by atoms with Crippen molar-refractivity contribution in [3.05, 3.63) is 11.8 Å². The molecule has 0 radical (unpaired) electrons. The predicted octanol–water partition coefficient (Wildman–Crippen LogP) is 1.98. The van der Waals surface area contributed by atoms with Gasteiger partial charge in [0, 0.05) is 12.6 Å². The Bertz CT molecular complexity index is 456. The van der Waals surface area contributed by atoms with Crippen LogP contribution in [0.4, 0.5) is 19.0 Å². The second-order valence-corrected chi connectivity index (χ2v) is 3.85. The van der Waals surface area contributed by atoms with E-state index < -0.39 is 18.2 Å². The van der Waals surface area contributed by atoms with E-state index in [1.807, 2.05) is 0 Å². The van der Waals surface area contributed by atoms with Crippen molar-refractivity contribution in [1.82, 2.24) is 9.78 Å². The van der Waals surface area contributed by atoms with Crippen LogP contribution >= 0.6 is 0 Å². The van der Waals surface area contributed by atoms with Gasteiger partial charge in [-0.25, -0.2) is 9.48 Å². The van der Waals surface area contributed by atoms with Crippen LogP contribution in [0.15, 0.2) is 6.07 Å². The Balaban J connectivity index is 2.32. The molecule has 0 aromatic carbocycles. The van der Waals surface area contributed by atoms with E-state index in [1.165, 1.54) is 6.07 Å². The maximum Gasteiger partial charge on any atom is 0.410 e. The lowest BCUT2D eigenvalue weighted by atomic mass is 10.1. The van der Waals surface area contributed by atoms with E-state index in [2.05, 4.69) is 10.4 Å². The van der Waals surface area contributed by atoms with Crippen molar-refractivity contribution in [2.24, 2.45) is 0 Å². The fourth-order valence-corrected chi connectivity index (χ4v) is 1.83. The minimum Gasteiger partial charge on any atom is -0.461 e. The SMILES string of the molecule is CCOC(=O)c1cc2n(n1)C(C(F)(F)F)CCN2. The molecule has 2 rings (SSSR count). The number of anilines is 1. The van der Waals surface area contributed by atoms with Crippen molar-refractivity contribution in [3.63, 3.8) is 0 Å². The summed E-state index contributed by atoms with van der Waals surface area (Å²) in [6.07, 6.45) is -4.49. The summed E-state index contributed by atoms with van der Waals surface area (Å²) in [7, 11) is 0. The second kappa shape index (κ2) is 4.51. The first kappa shape index (κ1) is 12.7. The molecule has 1 aromatic rings. The topological polar surface area (TPSA) is 56.2 Å². The van der Waals surface area contributed by atoms with Crippen molar-refractivity contribution in [2.75, 3.05) is 18.5 Å². The number of alkyl halides is 3. The normalized spacial score (nSPS) is 19.0. The molecule has 0 amide bonds. The van der Waals surface area contributed by atoms with E-state index in [-0.39, 0.29) is 31.1 Å². The maximum absolute atomic E-state index is 12.8. The Morgan fingerprint density at radius 1 is 1.67 bits per heavy atom. The third-order valence-corrected chi connectivity index (χ3v) is 2.62. The average molecular weight is 263 g/mol. The van der Waals surface area contributed by atoms with Crippen molar-refractivity contribution in [1.29, 1.82) is 0 Å². The van der Waals surface area contributed by atoms with E-state index >= 15 is 0 Å². The number of hydrogen-bond donors (Lipinski definition) is 1. The standard InChI is InChI=1S/C10H12F3N3O2/c1-2-18-9(17)6-5-8-14-4-3-7(10(11,12)13)16(8)15-6/h5,7,14H,2-4H2,1H3. The largest absolute Gasteiger partial charge is 0.461 e. The van der Waals surface area contributed by atoms with Gasteiger partial charge in [0.2, 0.25) is 0 Å². The third-order valence-electron chi connectivity index (χ3n) is 2.62. The summed E-state index contributed by atoms with van der Waals surface area (Å²) in [5.41, 5.74) is -0.115. The Kier molecular flexibility index (Phi) is 3.18. The molecule has 1 unspecified atom stereocenters. The number of ether oxygens (including phenoxy) is 1. The van der Waals surface area contributed by atoms with Crippen LogP contribution in [0.3, 0.4) is 0 Å². The fourth-order valence-electron chi connectivity index (χ4n) is 1.83. The molecule has 18 heavy (non-hydrogen) atoms. The number of fused-ring (bicyclic) bond motifs is 1. The van der Waals surface area contributed by atoms with Crippen LogP contribution in [0.5, 0.6) is 0 Å². The smallest absolute Gasteiger partial charge is 0.410 e. The Morgan fingerprint density at radius 2 is 2.39 bits per heavy atom. The number of hydrogen-bond acceptors (Lipinski definition) is 4. The molecule has 8 heteroatoms. The molecule has 1 N–H and O–H groups in total. The van der Waals surface area contributed by atoms with E-state index in [0.717, 1.165) is 4.68 Å². The minimum absolute atomic E-state index is 0.111. The Labute approximate surface area is 101 Å². The average Bonchev–Trinajstić information content (AvgIpc) is 2.71. The molecular weight excluding hydrogens is 251 g/mol. The molecule has 0 aliphatic carbocycles. The molecule has 1 aliphatic heterocycles. The van der Waals surface area contributed by atoms with Gasteiger partial charge in [0.15, 0.2) is 11.7 Å². The van der Waals surface area contributed by atoms with E-state index in [4.69, 9.17) is 4.74 Å². The van der Waals surface area contributed by atoms with Gasteiger partial charge in [0.25, 0.3) is 0 Å². The van der Waals surface area contributed by atoms with Gasteiger partial charge < -0.3 is 10.1 Å². The molecule has 5 nitrogen and oxygen atoms in total. The number of halogens is 3. The van der Waals surface area contributed by atoms with Gasteiger partial charge in [-0.3, -0.25) is 0 Å². The quantitative estimate of drug-likeness (QED) is 0.829. The lowest BCUT2D eigenvalue weighted by Gasteiger charge is -2.27. The van der Waals surface area contributed by atoms with Gasteiger partial charge in [-0.1, -0.05) is 0 Å². The Morgan fingerprint density at radius 3 is 3.00 bits per heavy atom. The van der Waals surface area contributed by atoms with Gasteiger partial charge in [0.05, 0.1) is 6.61 Å². The highest BCUT2D eigenvalue weighted by Crippen LogP contribution is 2.37. The van der Waals surface area contributed by atoms with Crippen LogP contribution < -0.4 is 5.32 Å². The highest BCUT2D eigenvalue weighted by Gasteiger charge is 2.44. The zero-order chi connectivity index (χ0) is 13.3. The fraction of sp³-hybridized carbons (Fsp3) is 0.600. The van der Waals surface area contributed by atoms with Crippen molar-refractivity contribution in [2.45, 2.75) is 25.6 Å². The predicted molar refractivity (Wildman–Crippen MR) is 56.4 cm³/mol. The molecule has 1 aliphatic rings. The van der Waals surface area contributed by atoms with Crippen molar-refractivity contribution in [3.8, 4) is 0 Å². The lowest BCUT2D eigenvalue weighted by Crippen LogP contribution is -2.34. The number of aromatic nitrogens is 2. The summed E-state index contributed by atoms with van der Waals surface area (Å²) in [5, 5.41) is 6.45. The first-order valence-electron chi connectivity index (χ1n) is 5.50. The van der Waals surface area contributed by atoms with Crippen LogP contribution in [-0.4, -0.2) is 35.1 Å². The van der Waals surface area contributed by atoms with Crippen LogP contribution in [0, 0.1) is 0 Å². The summed E-state index contributed by atoms with van der Waals surface area (Å²) in [6, 6.07) is -0.424.